The third-order valence-corrected chi connectivity index (χ3v) is 4.17. The molecule has 1 aromatic carbocycles. The topological polar surface area (TPSA) is 89.0 Å². The maximum atomic E-state index is 12.1. The first-order valence-electron chi connectivity index (χ1n) is 7.07. The second kappa shape index (κ2) is 8.54. The standard InChI is InChI=1S/C15H19N3O4S/c1-21-7-6-16-15-18-14(20)12(23-15)9-13(19)17-10-4-3-5-11(8-10)22-2/h3-5,8,12H,6-7,9H2,1-2H3,(H,17,19)(H,16,18,20)/t12-/m1/s1. The van der Waals surface area contributed by atoms with Crippen molar-refractivity contribution in [3.05, 3.63) is 24.3 Å². The summed E-state index contributed by atoms with van der Waals surface area (Å²) in [5.41, 5.74) is 0.631. The minimum atomic E-state index is -0.470. The van der Waals surface area contributed by atoms with Crippen molar-refractivity contribution < 1.29 is 19.1 Å². The van der Waals surface area contributed by atoms with Crippen LogP contribution in [0, 0.1) is 0 Å². The Morgan fingerprint density at radius 2 is 2.26 bits per heavy atom. The molecule has 124 valence electrons. The monoisotopic (exact) mass is 337 g/mol. The molecule has 1 aliphatic heterocycles. The number of hydrogen-bond acceptors (Lipinski definition) is 6. The number of anilines is 1. The average Bonchev–Trinajstić information content (AvgIpc) is 2.87. The van der Waals surface area contributed by atoms with Crippen LogP contribution in [0.25, 0.3) is 0 Å². The van der Waals surface area contributed by atoms with Crippen LogP contribution in [0.5, 0.6) is 5.75 Å². The fourth-order valence-electron chi connectivity index (χ4n) is 1.93. The molecule has 8 heteroatoms. The summed E-state index contributed by atoms with van der Waals surface area (Å²) in [5.74, 6) is 0.222. The Bertz CT molecular complexity index is 606. The molecule has 1 fully saturated rings. The summed E-state index contributed by atoms with van der Waals surface area (Å²) in [5, 5.41) is 5.49. The molecule has 23 heavy (non-hydrogen) atoms. The highest BCUT2D eigenvalue weighted by atomic mass is 32.2. The van der Waals surface area contributed by atoms with Gasteiger partial charge in [-0.3, -0.25) is 14.6 Å². The van der Waals surface area contributed by atoms with Crippen molar-refractivity contribution >= 4 is 34.4 Å². The van der Waals surface area contributed by atoms with Crippen LogP contribution in [0.2, 0.25) is 0 Å². The Labute approximate surface area is 138 Å². The maximum absolute atomic E-state index is 12.1. The Balaban J connectivity index is 1.87. The van der Waals surface area contributed by atoms with E-state index in [4.69, 9.17) is 9.47 Å². The minimum Gasteiger partial charge on any atom is -0.497 e. The van der Waals surface area contributed by atoms with Crippen molar-refractivity contribution in [2.75, 3.05) is 32.7 Å². The Morgan fingerprint density at radius 3 is 3.00 bits per heavy atom. The molecule has 1 aliphatic rings. The largest absolute Gasteiger partial charge is 0.497 e. The predicted molar refractivity (Wildman–Crippen MR) is 89.9 cm³/mol. The van der Waals surface area contributed by atoms with Crippen molar-refractivity contribution in [2.24, 2.45) is 4.99 Å². The van der Waals surface area contributed by atoms with Gasteiger partial charge in [-0.25, -0.2) is 0 Å². The summed E-state index contributed by atoms with van der Waals surface area (Å²) in [7, 11) is 3.15. The molecular weight excluding hydrogens is 318 g/mol. The molecule has 1 heterocycles. The van der Waals surface area contributed by atoms with Gasteiger partial charge in [0.25, 0.3) is 0 Å². The quantitative estimate of drug-likeness (QED) is 0.731. The van der Waals surface area contributed by atoms with Crippen LogP contribution in [0.3, 0.4) is 0 Å². The van der Waals surface area contributed by atoms with Gasteiger partial charge in [0.05, 0.1) is 20.3 Å². The van der Waals surface area contributed by atoms with E-state index in [1.807, 2.05) is 0 Å². The Hall–Kier alpha value is -2.06. The number of amides is 2. The molecule has 0 radical (unpaired) electrons. The van der Waals surface area contributed by atoms with Crippen LogP contribution in [0.4, 0.5) is 5.69 Å². The van der Waals surface area contributed by atoms with E-state index in [2.05, 4.69) is 15.6 Å². The van der Waals surface area contributed by atoms with Crippen LogP contribution in [-0.4, -0.2) is 49.6 Å². The van der Waals surface area contributed by atoms with E-state index in [0.717, 1.165) is 0 Å². The third-order valence-electron chi connectivity index (χ3n) is 3.05. The zero-order valence-corrected chi connectivity index (χ0v) is 13.8. The number of thioether (sulfide) groups is 1. The van der Waals surface area contributed by atoms with Gasteiger partial charge in [-0.2, -0.15) is 0 Å². The van der Waals surface area contributed by atoms with E-state index in [0.29, 0.717) is 29.8 Å². The smallest absolute Gasteiger partial charge is 0.240 e. The number of ether oxygens (including phenoxy) is 2. The molecule has 7 nitrogen and oxygen atoms in total. The first kappa shape index (κ1) is 17.3. The second-order valence-electron chi connectivity index (χ2n) is 4.76. The summed E-state index contributed by atoms with van der Waals surface area (Å²) in [4.78, 5) is 28.1. The molecule has 0 aliphatic carbocycles. The summed E-state index contributed by atoms with van der Waals surface area (Å²) >= 11 is 1.26. The zero-order chi connectivity index (χ0) is 16.7. The maximum Gasteiger partial charge on any atom is 0.240 e. The van der Waals surface area contributed by atoms with Gasteiger partial charge in [0.1, 0.15) is 11.0 Å². The second-order valence-corrected chi connectivity index (χ2v) is 5.95. The number of aliphatic imine (C=N–C) groups is 1. The number of carbonyl (C=O) groups is 2. The van der Waals surface area contributed by atoms with Crippen LogP contribution in [0.15, 0.2) is 29.3 Å². The van der Waals surface area contributed by atoms with E-state index in [1.54, 1.807) is 38.5 Å². The molecule has 2 rings (SSSR count). The lowest BCUT2D eigenvalue weighted by Gasteiger charge is -2.08. The Kier molecular flexibility index (Phi) is 6.42. The highest BCUT2D eigenvalue weighted by Gasteiger charge is 2.31. The van der Waals surface area contributed by atoms with E-state index in [9.17, 15) is 9.59 Å². The van der Waals surface area contributed by atoms with E-state index in [-0.39, 0.29) is 18.2 Å². The fourth-order valence-corrected chi connectivity index (χ4v) is 2.93. The zero-order valence-electron chi connectivity index (χ0n) is 13.0. The Morgan fingerprint density at radius 1 is 1.43 bits per heavy atom. The van der Waals surface area contributed by atoms with Gasteiger partial charge in [0.15, 0.2) is 5.17 Å². The summed E-state index contributed by atoms with van der Waals surface area (Å²) in [6, 6.07) is 7.06. The van der Waals surface area contributed by atoms with Crippen LogP contribution < -0.4 is 15.4 Å². The van der Waals surface area contributed by atoms with E-state index in [1.165, 1.54) is 11.8 Å². The minimum absolute atomic E-state index is 0.0804. The van der Waals surface area contributed by atoms with E-state index < -0.39 is 5.25 Å². The predicted octanol–water partition coefficient (Wildman–Crippen LogP) is 1.26. The number of nitrogens with one attached hydrogen (secondary N) is 2. The van der Waals surface area contributed by atoms with Gasteiger partial charge in [-0.05, 0) is 12.1 Å². The molecule has 2 amide bonds. The molecule has 0 saturated carbocycles. The van der Waals surface area contributed by atoms with Gasteiger partial charge < -0.3 is 20.1 Å². The van der Waals surface area contributed by atoms with Gasteiger partial charge in [-0.15, -0.1) is 0 Å². The lowest BCUT2D eigenvalue weighted by atomic mass is 10.2. The normalized spacial score (nSPS) is 18.8. The van der Waals surface area contributed by atoms with Crippen LogP contribution in [0.1, 0.15) is 6.42 Å². The number of hydrogen-bond donors (Lipinski definition) is 2. The van der Waals surface area contributed by atoms with Gasteiger partial charge in [0, 0.05) is 25.3 Å². The highest BCUT2D eigenvalue weighted by molar-refractivity contribution is 8.15. The van der Waals surface area contributed by atoms with Gasteiger partial charge in [-0.1, -0.05) is 17.8 Å². The lowest BCUT2D eigenvalue weighted by molar-refractivity contribution is -0.122. The molecule has 0 unspecified atom stereocenters. The van der Waals surface area contributed by atoms with Crippen LogP contribution in [-0.2, 0) is 14.3 Å². The molecular formula is C15H19N3O4S. The highest BCUT2D eigenvalue weighted by Crippen LogP contribution is 2.23. The average molecular weight is 337 g/mol. The number of nitrogens with zero attached hydrogens (tertiary/aromatic N) is 1. The first-order valence-corrected chi connectivity index (χ1v) is 7.95. The van der Waals surface area contributed by atoms with Crippen molar-refractivity contribution in [1.82, 2.24) is 5.32 Å². The summed E-state index contributed by atoms with van der Waals surface area (Å²) in [6.07, 6.45) is 0.0804. The van der Waals surface area contributed by atoms with Crippen molar-refractivity contribution in [1.29, 1.82) is 0 Å². The third kappa shape index (κ3) is 5.26. The molecule has 0 spiro atoms. The molecule has 0 aromatic heterocycles. The number of benzene rings is 1. The number of rotatable bonds is 7. The molecule has 1 aromatic rings. The van der Waals surface area contributed by atoms with E-state index >= 15 is 0 Å². The molecule has 2 N–H and O–H groups in total. The molecule has 0 bridgehead atoms. The summed E-state index contributed by atoms with van der Waals surface area (Å²) < 4.78 is 10.0. The van der Waals surface area contributed by atoms with Gasteiger partial charge in [0.2, 0.25) is 11.8 Å². The number of carbonyl (C=O) groups excluding carboxylic acids is 2. The van der Waals surface area contributed by atoms with Crippen LogP contribution >= 0.6 is 11.8 Å². The van der Waals surface area contributed by atoms with Gasteiger partial charge >= 0.3 is 0 Å². The van der Waals surface area contributed by atoms with Crippen molar-refractivity contribution in [3.63, 3.8) is 0 Å². The first-order chi connectivity index (χ1) is 11.1. The number of methoxy groups -OCH3 is 2. The van der Waals surface area contributed by atoms with Crippen molar-refractivity contribution in [3.8, 4) is 5.75 Å². The molecule has 1 atom stereocenters. The fraction of sp³-hybridized carbons (Fsp3) is 0.400. The lowest BCUT2D eigenvalue weighted by Crippen LogP contribution is -2.28. The summed E-state index contributed by atoms with van der Waals surface area (Å²) in [6.45, 7) is 0.961. The van der Waals surface area contributed by atoms with Crippen molar-refractivity contribution in [2.45, 2.75) is 11.7 Å². The number of amidine groups is 1. The SMILES string of the molecule is COCCN=C1NC(=O)[C@@H](CC(=O)Nc2cccc(OC)c2)S1. The molecule has 1 saturated heterocycles.